The normalized spacial score (nSPS) is 10.2. The van der Waals surface area contributed by atoms with E-state index in [0.29, 0.717) is 37.0 Å². The van der Waals surface area contributed by atoms with Crippen molar-refractivity contribution in [1.82, 2.24) is 9.55 Å². The number of nitrogens with one attached hydrogen (secondary N) is 1. The topological polar surface area (TPSA) is 65.4 Å². The Morgan fingerprint density at radius 2 is 2.05 bits per heavy atom. The highest BCUT2D eigenvalue weighted by Crippen LogP contribution is 2.25. The summed E-state index contributed by atoms with van der Waals surface area (Å²) < 4.78 is 12.4. The summed E-state index contributed by atoms with van der Waals surface area (Å²) in [5.41, 5.74) is -0.128. The van der Waals surface area contributed by atoms with Crippen molar-refractivity contribution >= 4 is 5.82 Å². The van der Waals surface area contributed by atoms with Gasteiger partial charge in [-0.1, -0.05) is 12.1 Å². The van der Waals surface area contributed by atoms with E-state index in [1.807, 2.05) is 31.2 Å². The second-order valence-electron chi connectivity index (χ2n) is 4.29. The Kier molecular flexibility index (Phi) is 5.20. The average molecular weight is 289 g/mol. The molecule has 6 nitrogen and oxygen atoms in total. The standard InChI is InChI=1S/C15H19N3O3/c1-3-18-10-8-16-14(15(18)19)17-9-11-21-13-7-5-4-6-12(13)20-2/h4-8,10H,3,9,11H2,1-2H3,(H,16,17). The maximum absolute atomic E-state index is 11.9. The minimum atomic E-state index is -0.128. The molecule has 1 aromatic heterocycles. The van der Waals surface area contributed by atoms with Gasteiger partial charge in [0.25, 0.3) is 5.56 Å². The molecule has 0 aliphatic carbocycles. The molecule has 112 valence electrons. The molecule has 0 amide bonds. The highest BCUT2D eigenvalue weighted by atomic mass is 16.5. The first-order valence-electron chi connectivity index (χ1n) is 6.81. The van der Waals surface area contributed by atoms with Crippen LogP contribution in [0.25, 0.3) is 0 Å². The molecule has 21 heavy (non-hydrogen) atoms. The van der Waals surface area contributed by atoms with Gasteiger partial charge in [0, 0.05) is 18.9 Å². The fraction of sp³-hybridized carbons (Fsp3) is 0.333. The highest BCUT2D eigenvalue weighted by molar-refractivity contribution is 5.39. The molecule has 0 radical (unpaired) electrons. The second kappa shape index (κ2) is 7.33. The zero-order chi connectivity index (χ0) is 15.1. The van der Waals surface area contributed by atoms with Gasteiger partial charge in [0.2, 0.25) is 0 Å². The van der Waals surface area contributed by atoms with E-state index >= 15 is 0 Å². The van der Waals surface area contributed by atoms with E-state index in [9.17, 15) is 4.79 Å². The van der Waals surface area contributed by atoms with Crippen LogP contribution < -0.4 is 20.3 Å². The summed E-state index contributed by atoms with van der Waals surface area (Å²) >= 11 is 0. The molecular formula is C15H19N3O3. The van der Waals surface area contributed by atoms with Crippen LogP contribution in [-0.2, 0) is 6.54 Å². The minimum Gasteiger partial charge on any atom is -0.493 e. The number of ether oxygens (including phenoxy) is 2. The van der Waals surface area contributed by atoms with Crippen LogP contribution in [0.1, 0.15) is 6.92 Å². The van der Waals surface area contributed by atoms with Crippen molar-refractivity contribution in [2.45, 2.75) is 13.5 Å². The smallest absolute Gasteiger partial charge is 0.293 e. The van der Waals surface area contributed by atoms with Gasteiger partial charge in [0.15, 0.2) is 17.3 Å². The predicted octanol–water partition coefficient (Wildman–Crippen LogP) is 1.76. The van der Waals surface area contributed by atoms with Gasteiger partial charge in [-0.25, -0.2) is 4.98 Å². The molecule has 1 heterocycles. The first kappa shape index (κ1) is 14.9. The molecule has 0 atom stereocenters. The Labute approximate surface area is 123 Å². The van der Waals surface area contributed by atoms with Crippen LogP contribution in [0.5, 0.6) is 11.5 Å². The van der Waals surface area contributed by atoms with Crippen molar-refractivity contribution in [3.8, 4) is 11.5 Å². The van der Waals surface area contributed by atoms with Gasteiger partial charge in [0.05, 0.1) is 13.7 Å². The van der Waals surface area contributed by atoms with E-state index in [1.165, 1.54) is 0 Å². The van der Waals surface area contributed by atoms with Crippen LogP contribution in [0.2, 0.25) is 0 Å². The molecule has 6 heteroatoms. The van der Waals surface area contributed by atoms with Crippen LogP contribution in [0.15, 0.2) is 41.5 Å². The number of hydrogen-bond donors (Lipinski definition) is 1. The zero-order valence-electron chi connectivity index (χ0n) is 12.2. The minimum absolute atomic E-state index is 0.128. The lowest BCUT2D eigenvalue weighted by Crippen LogP contribution is -2.25. The number of anilines is 1. The zero-order valence-corrected chi connectivity index (χ0v) is 12.2. The predicted molar refractivity (Wildman–Crippen MR) is 81.1 cm³/mol. The van der Waals surface area contributed by atoms with Gasteiger partial charge in [-0.05, 0) is 19.1 Å². The van der Waals surface area contributed by atoms with Gasteiger partial charge >= 0.3 is 0 Å². The van der Waals surface area contributed by atoms with Crippen LogP contribution in [0.3, 0.4) is 0 Å². The molecule has 0 saturated heterocycles. The quantitative estimate of drug-likeness (QED) is 0.787. The fourth-order valence-electron chi connectivity index (χ4n) is 1.89. The summed E-state index contributed by atoms with van der Waals surface area (Å²) in [5.74, 6) is 1.69. The van der Waals surface area contributed by atoms with Crippen molar-refractivity contribution in [2.24, 2.45) is 0 Å². The fourth-order valence-corrected chi connectivity index (χ4v) is 1.89. The molecule has 2 aromatic rings. The molecule has 2 rings (SSSR count). The van der Waals surface area contributed by atoms with Crippen LogP contribution in [0, 0.1) is 0 Å². The third-order valence-electron chi connectivity index (χ3n) is 2.98. The van der Waals surface area contributed by atoms with E-state index in [0.717, 1.165) is 0 Å². The second-order valence-corrected chi connectivity index (χ2v) is 4.29. The number of aromatic nitrogens is 2. The molecule has 0 aliphatic rings. The third-order valence-corrected chi connectivity index (χ3v) is 2.98. The number of rotatable bonds is 7. The Morgan fingerprint density at radius 1 is 1.29 bits per heavy atom. The lowest BCUT2D eigenvalue weighted by Gasteiger charge is -2.11. The number of benzene rings is 1. The number of nitrogens with zero attached hydrogens (tertiary/aromatic N) is 2. The van der Waals surface area contributed by atoms with Crippen LogP contribution in [-0.4, -0.2) is 29.8 Å². The summed E-state index contributed by atoms with van der Waals surface area (Å²) in [4.78, 5) is 16.0. The number of methoxy groups -OCH3 is 1. The monoisotopic (exact) mass is 289 g/mol. The van der Waals surface area contributed by atoms with E-state index in [4.69, 9.17) is 9.47 Å². The highest BCUT2D eigenvalue weighted by Gasteiger charge is 2.04. The van der Waals surface area contributed by atoms with E-state index in [2.05, 4.69) is 10.3 Å². The largest absolute Gasteiger partial charge is 0.493 e. The maximum atomic E-state index is 11.9. The Balaban J connectivity index is 1.89. The number of aryl methyl sites for hydroxylation is 1. The van der Waals surface area contributed by atoms with E-state index in [-0.39, 0.29) is 5.56 Å². The summed E-state index contributed by atoms with van der Waals surface area (Å²) in [6.07, 6.45) is 3.27. The Hall–Kier alpha value is -2.50. The van der Waals surface area contributed by atoms with Gasteiger partial charge in [-0.3, -0.25) is 4.79 Å². The van der Waals surface area contributed by atoms with Crippen molar-refractivity contribution in [1.29, 1.82) is 0 Å². The van der Waals surface area contributed by atoms with Crippen molar-refractivity contribution < 1.29 is 9.47 Å². The van der Waals surface area contributed by atoms with E-state index in [1.54, 1.807) is 24.1 Å². The van der Waals surface area contributed by atoms with Crippen LogP contribution in [0.4, 0.5) is 5.82 Å². The first-order chi connectivity index (χ1) is 10.3. The molecule has 0 bridgehead atoms. The molecular weight excluding hydrogens is 270 g/mol. The van der Waals surface area contributed by atoms with E-state index < -0.39 is 0 Å². The molecule has 0 aliphatic heterocycles. The van der Waals surface area contributed by atoms with Crippen LogP contribution >= 0.6 is 0 Å². The molecule has 0 unspecified atom stereocenters. The molecule has 1 aromatic carbocycles. The molecule has 0 fully saturated rings. The number of hydrogen-bond acceptors (Lipinski definition) is 5. The lowest BCUT2D eigenvalue weighted by atomic mass is 10.3. The van der Waals surface area contributed by atoms with Crippen molar-refractivity contribution in [3.63, 3.8) is 0 Å². The summed E-state index contributed by atoms with van der Waals surface area (Å²) in [5, 5.41) is 2.99. The SMILES string of the molecule is CCn1ccnc(NCCOc2ccccc2OC)c1=O. The molecule has 1 N–H and O–H groups in total. The Morgan fingerprint density at radius 3 is 2.76 bits per heavy atom. The molecule has 0 spiro atoms. The van der Waals surface area contributed by atoms with Gasteiger partial charge < -0.3 is 19.4 Å². The first-order valence-corrected chi connectivity index (χ1v) is 6.81. The number of para-hydroxylation sites is 2. The maximum Gasteiger partial charge on any atom is 0.293 e. The lowest BCUT2D eigenvalue weighted by molar-refractivity contribution is 0.305. The summed E-state index contributed by atoms with van der Waals surface area (Å²) in [6, 6.07) is 7.43. The van der Waals surface area contributed by atoms with Gasteiger partial charge in [-0.2, -0.15) is 0 Å². The van der Waals surface area contributed by atoms with Crippen molar-refractivity contribution in [3.05, 3.63) is 47.0 Å². The summed E-state index contributed by atoms with van der Waals surface area (Å²) in [7, 11) is 1.60. The Bertz CT molecular complexity index is 640. The third kappa shape index (κ3) is 3.75. The van der Waals surface area contributed by atoms with Gasteiger partial charge in [0.1, 0.15) is 6.61 Å². The summed E-state index contributed by atoms with van der Waals surface area (Å²) in [6.45, 7) is 3.42. The molecule has 0 saturated carbocycles. The van der Waals surface area contributed by atoms with Crippen molar-refractivity contribution in [2.75, 3.05) is 25.6 Å². The average Bonchev–Trinajstić information content (AvgIpc) is 2.53. The van der Waals surface area contributed by atoms with Gasteiger partial charge in [-0.15, -0.1) is 0 Å².